The van der Waals surface area contributed by atoms with Crippen molar-refractivity contribution < 1.29 is 14.7 Å². The van der Waals surface area contributed by atoms with Crippen molar-refractivity contribution in [3.05, 3.63) is 71.3 Å². The molecule has 4 aliphatic rings. The molecule has 0 saturated heterocycles. The van der Waals surface area contributed by atoms with Gasteiger partial charge < -0.3 is 15.7 Å². The molecular weight excluding hydrogens is 400 g/mol. The van der Waals surface area contributed by atoms with Crippen molar-refractivity contribution in [1.82, 2.24) is 10.6 Å². The standard InChI is InChI=1S/C27H32N2O3/c30-25(29-24(26(31)32)13-18-4-2-1-3-5-18)23-8-6-19(7-9-23)17-28-27-14-20-10-21(15-27)12-22(11-20)16-27/h1-9,20-22,24,28H,10-17H2,(H,29,30)(H,31,32)/t20?,21?,22?,24-,27?/m0/s1. The maximum atomic E-state index is 12.7. The molecule has 4 bridgehead atoms. The first kappa shape index (κ1) is 21.2. The van der Waals surface area contributed by atoms with Crippen LogP contribution in [0.4, 0.5) is 0 Å². The molecule has 5 nitrogen and oxygen atoms in total. The van der Waals surface area contributed by atoms with Gasteiger partial charge >= 0.3 is 5.97 Å². The molecule has 32 heavy (non-hydrogen) atoms. The van der Waals surface area contributed by atoms with E-state index < -0.39 is 12.0 Å². The summed E-state index contributed by atoms with van der Waals surface area (Å²) in [6, 6.07) is 16.0. The molecule has 168 valence electrons. The van der Waals surface area contributed by atoms with Gasteiger partial charge in [0.1, 0.15) is 6.04 Å². The number of hydrogen-bond donors (Lipinski definition) is 3. The zero-order valence-electron chi connectivity index (χ0n) is 18.4. The second-order valence-corrected chi connectivity index (χ2v) is 10.3. The summed E-state index contributed by atoms with van der Waals surface area (Å²) >= 11 is 0. The third-order valence-electron chi connectivity index (χ3n) is 7.81. The predicted octanol–water partition coefficient (Wildman–Crippen LogP) is 4.17. The first-order chi connectivity index (χ1) is 15.5. The number of carbonyl (C=O) groups is 2. The molecule has 6 rings (SSSR count). The molecule has 3 N–H and O–H groups in total. The van der Waals surface area contributed by atoms with Crippen LogP contribution in [0, 0.1) is 17.8 Å². The van der Waals surface area contributed by atoms with Gasteiger partial charge in [-0.25, -0.2) is 4.79 Å². The lowest BCUT2D eigenvalue weighted by Crippen LogP contribution is -2.58. The fourth-order valence-corrected chi connectivity index (χ4v) is 6.68. The highest BCUT2D eigenvalue weighted by Crippen LogP contribution is 2.55. The van der Waals surface area contributed by atoms with Crippen LogP contribution in [0.2, 0.25) is 0 Å². The molecule has 0 aliphatic heterocycles. The van der Waals surface area contributed by atoms with E-state index >= 15 is 0 Å². The maximum Gasteiger partial charge on any atom is 0.326 e. The molecule has 1 atom stereocenters. The summed E-state index contributed by atoms with van der Waals surface area (Å²) in [5.41, 5.74) is 2.85. The van der Waals surface area contributed by atoms with Gasteiger partial charge in [0, 0.05) is 24.1 Å². The SMILES string of the molecule is O=C(N[C@@H](Cc1ccccc1)C(=O)O)c1ccc(CNC23CC4CC(CC(C4)C2)C3)cc1. The van der Waals surface area contributed by atoms with E-state index in [1.165, 1.54) is 38.5 Å². The Labute approximate surface area is 189 Å². The van der Waals surface area contributed by atoms with Crippen molar-refractivity contribution in [3.8, 4) is 0 Å². The van der Waals surface area contributed by atoms with Crippen LogP contribution < -0.4 is 10.6 Å². The number of nitrogens with one attached hydrogen (secondary N) is 2. The quantitative estimate of drug-likeness (QED) is 0.585. The minimum absolute atomic E-state index is 0.259. The highest BCUT2D eigenvalue weighted by Gasteiger charge is 2.50. The maximum absolute atomic E-state index is 12.7. The summed E-state index contributed by atoms with van der Waals surface area (Å²) in [5.74, 6) is 1.36. The fraction of sp³-hybridized carbons (Fsp3) is 0.481. The van der Waals surface area contributed by atoms with Gasteiger partial charge in [-0.2, -0.15) is 0 Å². The highest BCUT2D eigenvalue weighted by molar-refractivity contribution is 5.96. The van der Waals surface area contributed by atoms with Crippen molar-refractivity contribution in [2.45, 2.75) is 63.1 Å². The number of carboxylic acids is 1. The Morgan fingerprint density at radius 3 is 2.03 bits per heavy atom. The van der Waals surface area contributed by atoms with Gasteiger partial charge in [0.05, 0.1) is 0 Å². The highest BCUT2D eigenvalue weighted by atomic mass is 16.4. The van der Waals surface area contributed by atoms with Crippen molar-refractivity contribution in [3.63, 3.8) is 0 Å². The van der Waals surface area contributed by atoms with E-state index in [2.05, 4.69) is 10.6 Å². The van der Waals surface area contributed by atoms with Crippen molar-refractivity contribution in [1.29, 1.82) is 0 Å². The van der Waals surface area contributed by atoms with E-state index in [9.17, 15) is 14.7 Å². The summed E-state index contributed by atoms with van der Waals surface area (Å²) < 4.78 is 0. The smallest absolute Gasteiger partial charge is 0.326 e. The van der Waals surface area contributed by atoms with E-state index in [-0.39, 0.29) is 12.3 Å². The lowest BCUT2D eigenvalue weighted by Gasteiger charge is -2.57. The number of rotatable bonds is 8. The lowest BCUT2D eigenvalue weighted by atomic mass is 9.53. The molecule has 4 aliphatic carbocycles. The molecule has 0 heterocycles. The number of benzene rings is 2. The van der Waals surface area contributed by atoms with Crippen molar-refractivity contribution >= 4 is 11.9 Å². The summed E-state index contributed by atoms with van der Waals surface area (Å²) in [4.78, 5) is 24.3. The molecule has 1 amide bonds. The van der Waals surface area contributed by atoms with Crippen LogP contribution in [-0.4, -0.2) is 28.6 Å². The number of amides is 1. The second kappa shape index (κ2) is 8.70. The van der Waals surface area contributed by atoms with Crippen LogP contribution >= 0.6 is 0 Å². The van der Waals surface area contributed by atoms with E-state index in [0.29, 0.717) is 11.1 Å². The van der Waals surface area contributed by atoms with Crippen molar-refractivity contribution in [2.24, 2.45) is 17.8 Å². The molecule has 0 spiro atoms. The molecule has 0 aromatic heterocycles. The normalized spacial score (nSPS) is 28.9. The topological polar surface area (TPSA) is 78.4 Å². The molecular formula is C27H32N2O3. The van der Waals surface area contributed by atoms with E-state index in [0.717, 1.165) is 35.4 Å². The number of aliphatic carboxylic acids is 1. The average Bonchev–Trinajstić information content (AvgIpc) is 2.77. The van der Waals surface area contributed by atoms with E-state index in [4.69, 9.17) is 0 Å². The molecule has 0 unspecified atom stereocenters. The van der Waals surface area contributed by atoms with Gasteiger partial charge in [-0.15, -0.1) is 0 Å². The molecule has 0 radical (unpaired) electrons. The Morgan fingerprint density at radius 1 is 0.875 bits per heavy atom. The summed E-state index contributed by atoms with van der Waals surface area (Å²) in [5, 5.41) is 16.1. The van der Waals surface area contributed by atoms with Crippen LogP contribution in [-0.2, 0) is 17.8 Å². The summed E-state index contributed by atoms with van der Waals surface area (Å²) in [6.07, 6.45) is 8.52. The Morgan fingerprint density at radius 2 is 1.47 bits per heavy atom. The van der Waals surface area contributed by atoms with Crippen LogP contribution in [0.1, 0.15) is 60.0 Å². The first-order valence-corrected chi connectivity index (χ1v) is 11.9. The fourth-order valence-electron chi connectivity index (χ4n) is 6.68. The number of carbonyl (C=O) groups excluding carboxylic acids is 1. The number of hydrogen-bond acceptors (Lipinski definition) is 3. The van der Waals surface area contributed by atoms with Gasteiger partial charge in [-0.05, 0) is 79.5 Å². The monoisotopic (exact) mass is 432 g/mol. The zero-order valence-corrected chi connectivity index (χ0v) is 18.4. The molecule has 4 saturated carbocycles. The predicted molar refractivity (Wildman–Crippen MR) is 123 cm³/mol. The van der Waals surface area contributed by atoms with Gasteiger partial charge in [0.15, 0.2) is 0 Å². The van der Waals surface area contributed by atoms with Gasteiger partial charge in [-0.3, -0.25) is 4.79 Å². The summed E-state index contributed by atoms with van der Waals surface area (Å²) in [7, 11) is 0. The van der Waals surface area contributed by atoms with Gasteiger partial charge in [-0.1, -0.05) is 42.5 Å². The van der Waals surface area contributed by atoms with Crippen LogP contribution in [0.5, 0.6) is 0 Å². The minimum Gasteiger partial charge on any atom is -0.480 e. The Balaban J connectivity index is 1.18. The van der Waals surface area contributed by atoms with Gasteiger partial charge in [0.2, 0.25) is 0 Å². The Bertz CT molecular complexity index is 935. The number of carboxylic acid groups (broad SMARTS) is 1. The van der Waals surface area contributed by atoms with Crippen molar-refractivity contribution in [2.75, 3.05) is 0 Å². The third-order valence-corrected chi connectivity index (χ3v) is 7.81. The van der Waals surface area contributed by atoms with E-state index in [1.807, 2.05) is 42.5 Å². The zero-order chi connectivity index (χ0) is 22.1. The Hall–Kier alpha value is -2.66. The first-order valence-electron chi connectivity index (χ1n) is 11.9. The lowest BCUT2D eigenvalue weighted by molar-refractivity contribution is -0.139. The van der Waals surface area contributed by atoms with Crippen LogP contribution in [0.3, 0.4) is 0 Å². The largest absolute Gasteiger partial charge is 0.480 e. The van der Waals surface area contributed by atoms with E-state index in [1.54, 1.807) is 12.1 Å². The van der Waals surface area contributed by atoms with Crippen LogP contribution in [0.25, 0.3) is 0 Å². The third kappa shape index (κ3) is 4.58. The molecule has 5 heteroatoms. The second-order valence-electron chi connectivity index (χ2n) is 10.3. The molecule has 2 aromatic rings. The average molecular weight is 433 g/mol. The molecule has 2 aromatic carbocycles. The minimum atomic E-state index is -1.03. The Kier molecular flexibility index (Phi) is 5.76. The van der Waals surface area contributed by atoms with Gasteiger partial charge in [0.25, 0.3) is 5.91 Å². The molecule has 4 fully saturated rings. The summed E-state index contributed by atoms with van der Waals surface area (Å²) in [6.45, 7) is 0.819. The van der Waals surface area contributed by atoms with Crippen LogP contribution in [0.15, 0.2) is 54.6 Å².